The molecule has 2 heterocycles. The van der Waals surface area contributed by atoms with Gasteiger partial charge in [0.1, 0.15) is 5.69 Å². The Labute approximate surface area is 151 Å². The van der Waals surface area contributed by atoms with Crippen molar-refractivity contribution in [3.63, 3.8) is 0 Å². The van der Waals surface area contributed by atoms with E-state index in [2.05, 4.69) is 25.9 Å². The van der Waals surface area contributed by atoms with E-state index >= 15 is 0 Å². The molecule has 0 bridgehead atoms. The molecule has 1 saturated carbocycles. The minimum atomic E-state index is -0.592. The van der Waals surface area contributed by atoms with Crippen molar-refractivity contribution in [1.29, 1.82) is 0 Å². The number of hydrogen-bond acceptors (Lipinski definition) is 3. The number of carbonyl (C=O) groups excluding carboxylic acids is 1. The first kappa shape index (κ1) is 18.4. The third-order valence-corrected chi connectivity index (χ3v) is 6.18. The van der Waals surface area contributed by atoms with E-state index in [0.717, 1.165) is 44.3 Å². The van der Waals surface area contributed by atoms with Crippen LogP contribution in [-0.2, 0) is 13.0 Å². The fraction of sp³-hybridized carbons (Fsp3) is 0.800. The fourth-order valence-corrected chi connectivity index (χ4v) is 4.80. The first-order chi connectivity index (χ1) is 11.9. The Kier molecular flexibility index (Phi) is 5.24. The lowest BCUT2D eigenvalue weighted by atomic mass is 9.69. The number of amides is 1. The van der Waals surface area contributed by atoms with Crippen molar-refractivity contribution in [3.05, 3.63) is 17.5 Å². The van der Waals surface area contributed by atoms with E-state index in [4.69, 9.17) is 0 Å². The van der Waals surface area contributed by atoms with Gasteiger partial charge in [0.15, 0.2) is 0 Å². The van der Waals surface area contributed by atoms with Gasteiger partial charge in [-0.3, -0.25) is 9.48 Å². The standard InChI is InChI=1S/C20H33N3O2/c1-5-20(25)9-7-8-15-12-22(13-17(15)20)19(24)18-11-16(10-14(3)4)21-23(18)6-2/h11,14-15,17,25H,5-10,12-13H2,1-4H3/t15-,17+,20-/m0/s1. The lowest BCUT2D eigenvalue weighted by molar-refractivity contribution is -0.0609. The Morgan fingerprint density at radius 2 is 2.16 bits per heavy atom. The molecular formula is C20H33N3O2. The van der Waals surface area contributed by atoms with Crippen LogP contribution < -0.4 is 0 Å². The molecule has 1 aliphatic heterocycles. The summed E-state index contributed by atoms with van der Waals surface area (Å²) < 4.78 is 1.84. The summed E-state index contributed by atoms with van der Waals surface area (Å²) in [6, 6.07) is 1.97. The highest BCUT2D eigenvalue weighted by Gasteiger charge is 2.49. The van der Waals surface area contributed by atoms with Gasteiger partial charge in [0.2, 0.25) is 0 Å². The van der Waals surface area contributed by atoms with Gasteiger partial charge in [-0.2, -0.15) is 5.10 Å². The zero-order chi connectivity index (χ0) is 18.2. The summed E-state index contributed by atoms with van der Waals surface area (Å²) in [6.45, 7) is 10.6. The van der Waals surface area contributed by atoms with Gasteiger partial charge in [0.25, 0.3) is 5.91 Å². The molecule has 5 nitrogen and oxygen atoms in total. The number of aliphatic hydroxyl groups is 1. The second-order valence-electron chi connectivity index (χ2n) is 8.36. The average molecular weight is 348 g/mol. The first-order valence-corrected chi connectivity index (χ1v) is 9.96. The minimum absolute atomic E-state index is 0.0807. The predicted molar refractivity (Wildman–Crippen MR) is 98.4 cm³/mol. The van der Waals surface area contributed by atoms with Crippen molar-refractivity contribution in [1.82, 2.24) is 14.7 Å². The summed E-state index contributed by atoms with van der Waals surface area (Å²) in [5.41, 5.74) is 1.12. The molecule has 3 atom stereocenters. The Morgan fingerprint density at radius 1 is 1.40 bits per heavy atom. The third-order valence-electron chi connectivity index (χ3n) is 6.18. The Bertz CT molecular complexity index is 624. The zero-order valence-corrected chi connectivity index (χ0v) is 16.2. The molecule has 1 saturated heterocycles. The topological polar surface area (TPSA) is 58.4 Å². The number of aryl methyl sites for hydroxylation is 1. The van der Waals surface area contributed by atoms with E-state index in [-0.39, 0.29) is 11.8 Å². The van der Waals surface area contributed by atoms with Gasteiger partial charge >= 0.3 is 0 Å². The van der Waals surface area contributed by atoms with Crippen molar-refractivity contribution < 1.29 is 9.90 Å². The highest BCUT2D eigenvalue weighted by Crippen LogP contribution is 2.44. The molecule has 0 spiro atoms. The van der Waals surface area contributed by atoms with Crippen LogP contribution in [0.5, 0.6) is 0 Å². The minimum Gasteiger partial charge on any atom is -0.390 e. The van der Waals surface area contributed by atoms with Crippen LogP contribution >= 0.6 is 0 Å². The van der Waals surface area contributed by atoms with Crippen LogP contribution in [0.2, 0.25) is 0 Å². The van der Waals surface area contributed by atoms with Crippen LogP contribution in [0, 0.1) is 17.8 Å². The van der Waals surface area contributed by atoms with E-state index in [1.807, 2.05) is 22.6 Å². The molecule has 2 fully saturated rings. The molecule has 1 aromatic rings. The molecule has 25 heavy (non-hydrogen) atoms. The van der Waals surface area contributed by atoms with E-state index in [0.29, 0.717) is 30.6 Å². The molecular weight excluding hydrogens is 314 g/mol. The van der Waals surface area contributed by atoms with Crippen molar-refractivity contribution in [3.8, 4) is 0 Å². The first-order valence-electron chi connectivity index (χ1n) is 9.96. The summed E-state index contributed by atoms with van der Waals surface area (Å²) in [5.74, 6) is 1.27. The summed E-state index contributed by atoms with van der Waals surface area (Å²) in [4.78, 5) is 15.1. The van der Waals surface area contributed by atoms with Crippen molar-refractivity contribution in [2.75, 3.05) is 13.1 Å². The second-order valence-corrected chi connectivity index (χ2v) is 8.36. The zero-order valence-electron chi connectivity index (χ0n) is 16.2. The number of likely N-dealkylation sites (tertiary alicyclic amines) is 1. The SMILES string of the molecule is CCn1nc(CC(C)C)cc1C(=O)N1C[C@@H]2CCC[C@@](O)(CC)[C@@H]2C1. The molecule has 5 heteroatoms. The van der Waals surface area contributed by atoms with Crippen LogP contribution in [0.15, 0.2) is 6.07 Å². The highest BCUT2D eigenvalue weighted by atomic mass is 16.3. The third kappa shape index (κ3) is 3.48. The van der Waals surface area contributed by atoms with Gasteiger partial charge in [0, 0.05) is 25.6 Å². The predicted octanol–water partition coefficient (Wildman–Crippen LogP) is 3.11. The summed E-state index contributed by atoms with van der Waals surface area (Å²) in [6.07, 6.45) is 4.75. The molecule has 0 unspecified atom stereocenters. The van der Waals surface area contributed by atoms with Gasteiger partial charge in [-0.05, 0) is 50.5 Å². The lowest BCUT2D eigenvalue weighted by Gasteiger charge is -2.40. The number of aromatic nitrogens is 2. The van der Waals surface area contributed by atoms with Crippen molar-refractivity contribution >= 4 is 5.91 Å². The summed E-state index contributed by atoms with van der Waals surface area (Å²) >= 11 is 0. The quantitative estimate of drug-likeness (QED) is 0.890. The van der Waals surface area contributed by atoms with Crippen LogP contribution in [0.1, 0.15) is 69.6 Å². The molecule has 0 radical (unpaired) electrons. The average Bonchev–Trinajstić information content (AvgIpc) is 3.18. The second kappa shape index (κ2) is 7.10. The number of carbonyl (C=O) groups is 1. The van der Waals surface area contributed by atoms with E-state index in [9.17, 15) is 9.90 Å². The maximum absolute atomic E-state index is 13.2. The Hall–Kier alpha value is -1.36. The molecule has 1 N–H and O–H groups in total. The van der Waals surface area contributed by atoms with Gasteiger partial charge in [-0.1, -0.05) is 27.2 Å². The maximum Gasteiger partial charge on any atom is 0.272 e. The molecule has 3 rings (SSSR count). The monoisotopic (exact) mass is 347 g/mol. The normalized spacial score (nSPS) is 29.3. The van der Waals surface area contributed by atoms with Gasteiger partial charge < -0.3 is 10.0 Å². The van der Waals surface area contributed by atoms with Crippen LogP contribution in [0.3, 0.4) is 0 Å². The number of rotatable bonds is 5. The Balaban J connectivity index is 1.79. The van der Waals surface area contributed by atoms with Crippen molar-refractivity contribution in [2.45, 2.75) is 71.9 Å². The van der Waals surface area contributed by atoms with Gasteiger partial charge in [-0.15, -0.1) is 0 Å². The van der Waals surface area contributed by atoms with Gasteiger partial charge in [0.05, 0.1) is 11.3 Å². The van der Waals surface area contributed by atoms with Crippen LogP contribution in [0.25, 0.3) is 0 Å². The fourth-order valence-electron chi connectivity index (χ4n) is 4.80. The largest absolute Gasteiger partial charge is 0.390 e. The van der Waals surface area contributed by atoms with Gasteiger partial charge in [-0.25, -0.2) is 0 Å². The molecule has 140 valence electrons. The molecule has 2 aliphatic rings. The number of fused-ring (bicyclic) bond motifs is 1. The highest BCUT2D eigenvalue weighted by molar-refractivity contribution is 5.93. The number of nitrogens with zero attached hydrogens (tertiary/aromatic N) is 3. The lowest BCUT2D eigenvalue weighted by Crippen LogP contribution is -2.44. The van der Waals surface area contributed by atoms with E-state index < -0.39 is 5.60 Å². The summed E-state index contributed by atoms with van der Waals surface area (Å²) in [5, 5.41) is 15.6. The molecule has 0 aromatic carbocycles. The molecule has 1 amide bonds. The van der Waals surface area contributed by atoms with Crippen LogP contribution in [0.4, 0.5) is 0 Å². The smallest absolute Gasteiger partial charge is 0.272 e. The summed E-state index contributed by atoms with van der Waals surface area (Å²) in [7, 11) is 0. The van der Waals surface area contributed by atoms with E-state index in [1.54, 1.807) is 0 Å². The molecule has 1 aromatic heterocycles. The Morgan fingerprint density at radius 3 is 2.80 bits per heavy atom. The van der Waals surface area contributed by atoms with Crippen molar-refractivity contribution in [2.24, 2.45) is 17.8 Å². The van der Waals surface area contributed by atoms with Crippen LogP contribution in [-0.4, -0.2) is 44.4 Å². The maximum atomic E-state index is 13.2. The molecule has 1 aliphatic carbocycles. The van der Waals surface area contributed by atoms with E-state index in [1.165, 1.54) is 0 Å². The number of hydrogen-bond donors (Lipinski definition) is 1.